The number of hydrogen-bond acceptors (Lipinski definition) is 4. The molecule has 0 spiro atoms. The summed E-state index contributed by atoms with van der Waals surface area (Å²) in [5.41, 5.74) is 3.80. The van der Waals surface area contributed by atoms with E-state index in [4.69, 9.17) is 0 Å². The summed E-state index contributed by atoms with van der Waals surface area (Å²) in [4.78, 5) is 17.3. The van der Waals surface area contributed by atoms with Gasteiger partial charge in [0, 0.05) is 16.8 Å². The van der Waals surface area contributed by atoms with Crippen molar-refractivity contribution in [1.82, 2.24) is 15.2 Å². The summed E-state index contributed by atoms with van der Waals surface area (Å²) in [6.07, 6.45) is 0. The Bertz CT molecular complexity index is 1100. The van der Waals surface area contributed by atoms with Crippen LogP contribution < -0.4 is 5.32 Å². The van der Waals surface area contributed by atoms with Crippen molar-refractivity contribution in [3.05, 3.63) is 84.9 Å². The fourth-order valence-corrected chi connectivity index (χ4v) is 3.66. The van der Waals surface area contributed by atoms with Crippen molar-refractivity contribution >= 4 is 23.4 Å². The summed E-state index contributed by atoms with van der Waals surface area (Å²) in [7, 11) is 0. The SMILES string of the molecule is C[C@H](Sc1n[nH]c(-c2ccccc2)n1)C(=O)Nc1ccccc1-c1ccccc1. The third-order valence-corrected chi connectivity index (χ3v) is 5.39. The van der Waals surface area contributed by atoms with Gasteiger partial charge in [-0.15, -0.1) is 5.10 Å². The number of benzene rings is 3. The van der Waals surface area contributed by atoms with Crippen LogP contribution in [0.25, 0.3) is 22.5 Å². The standard InChI is InChI=1S/C23H20N4OS/c1-16(29-23-25-21(26-27-23)18-12-6-3-7-13-18)22(28)24-20-15-9-8-14-19(20)17-10-4-2-5-11-17/h2-16H,1H3,(H,24,28)(H,25,26,27)/t16-/m0/s1. The lowest BCUT2D eigenvalue weighted by Gasteiger charge is -2.14. The van der Waals surface area contributed by atoms with Crippen LogP contribution in [0.15, 0.2) is 90.1 Å². The highest BCUT2D eigenvalue weighted by Crippen LogP contribution is 2.29. The van der Waals surface area contributed by atoms with E-state index < -0.39 is 0 Å². The maximum absolute atomic E-state index is 12.8. The number of aromatic amines is 1. The molecular weight excluding hydrogens is 380 g/mol. The lowest BCUT2D eigenvalue weighted by Crippen LogP contribution is -2.22. The topological polar surface area (TPSA) is 70.7 Å². The Hall–Kier alpha value is -3.38. The first kappa shape index (κ1) is 19.0. The molecule has 3 aromatic carbocycles. The number of carbonyl (C=O) groups is 1. The van der Waals surface area contributed by atoms with E-state index in [2.05, 4.69) is 20.5 Å². The van der Waals surface area contributed by atoms with Crippen LogP contribution >= 0.6 is 11.8 Å². The molecule has 0 aliphatic heterocycles. The van der Waals surface area contributed by atoms with Crippen molar-refractivity contribution in [3.8, 4) is 22.5 Å². The zero-order valence-electron chi connectivity index (χ0n) is 15.9. The lowest BCUT2D eigenvalue weighted by molar-refractivity contribution is -0.115. The summed E-state index contributed by atoms with van der Waals surface area (Å²) in [5.74, 6) is 0.597. The zero-order valence-corrected chi connectivity index (χ0v) is 16.7. The predicted octanol–water partition coefficient (Wildman–Crippen LogP) is 5.26. The van der Waals surface area contributed by atoms with E-state index >= 15 is 0 Å². The van der Waals surface area contributed by atoms with Crippen LogP contribution in [-0.2, 0) is 4.79 Å². The fraction of sp³-hybridized carbons (Fsp3) is 0.0870. The molecule has 6 heteroatoms. The van der Waals surface area contributed by atoms with Gasteiger partial charge in [0.2, 0.25) is 11.1 Å². The third kappa shape index (κ3) is 4.55. The largest absolute Gasteiger partial charge is 0.325 e. The van der Waals surface area contributed by atoms with Crippen LogP contribution in [0, 0.1) is 0 Å². The summed E-state index contributed by atoms with van der Waals surface area (Å²) in [5, 5.41) is 10.4. The van der Waals surface area contributed by atoms with Crippen LogP contribution in [0.3, 0.4) is 0 Å². The zero-order chi connectivity index (χ0) is 20.1. The normalized spacial score (nSPS) is 11.8. The maximum Gasteiger partial charge on any atom is 0.237 e. The van der Waals surface area contributed by atoms with Crippen LogP contribution in [0.1, 0.15) is 6.92 Å². The summed E-state index contributed by atoms with van der Waals surface area (Å²) < 4.78 is 0. The smallest absolute Gasteiger partial charge is 0.237 e. The molecule has 0 bridgehead atoms. The van der Waals surface area contributed by atoms with Crippen molar-refractivity contribution in [2.45, 2.75) is 17.3 Å². The Labute approximate surface area is 173 Å². The number of para-hydroxylation sites is 1. The van der Waals surface area contributed by atoms with E-state index in [1.807, 2.05) is 91.9 Å². The summed E-state index contributed by atoms with van der Waals surface area (Å²) in [6, 6.07) is 27.6. The molecule has 0 saturated carbocycles. The first-order chi connectivity index (χ1) is 14.2. The van der Waals surface area contributed by atoms with E-state index in [1.165, 1.54) is 11.8 Å². The molecule has 1 amide bonds. The highest BCUT2D eigenvalue weighted by molar-refractivity contribution is 8.00. The second-order valence-electron chi connectivity index (χ2n) is 6.49. The van der Waals surface area contributed by atoms with Crippen LogP contribution in [0.5, 0.6) is 0 Å². The average Bonchev–Trinajstić information content (AvgIpc) is 3.24. The highest BCUT2D eigenvalue weighted by atomic mass is 32.2. The van der Waals surface area contributed by atoms with Crippen molar-refractivity contribution in [1.29, 1.82) is 0 Å². The monoisotopic (exact) mass is 400 g/mol. The molecule has 4 aromatic rings. The maximum atomic E-state index is 12.8. The van der Waals surface area contributed by atoms with E-state index in [1.54, 1.807) is 0 Å². The number of rotatable bonds is 6. The van der Waals surface area contributed by atoms with Gasteiger partial charge in [0.25, 0.3) is 0 Å². The van der Waals surface area contributed by atoms with Gasteiger partial charge >= 0.3 is 0 Å². The number of aromatic nitrogens is 3. The van der Waals surface area contributed by atoms with Crippen molar-refractivity contribution in [3.63, 3.8) is 0 Å². The molecule has 0 saturated heterocycles. The number of nitrogens with one attached hydrogen (secondary N) is 2. The number of thioether (sulfide) groups is 1. The van der Waals surface area contributed by atoms with Gasteiger partial charge in [-0.2, -0.15) is 0 Å². The molecule has 0 unspecified atom stereocenters. The second kappa shape index (κ2) is 8.75. The molecule has 144 valence electrons. The molecule has 5 nitrogen and oxygen atoms in total. The van der Waals surface area contributed by atoms with Gasteiger partial charge in [-0.05, 0) is 18.6 Å². The second-order valence-corrected chi connectivity index (χ2v) is 7.80. The third-order valence-electron chi connectivity index (χ3n) is 4.43. The molecule has 1 atom stereocenters. The molecule has 0 aliphatic carbocycles. The first-order valence-corrected chi connectivity index (χ1v) is 10.2. The van der Waals surface area contributed by atoms with Crippen molar-refractivity contribution in [2.75, 3.05) is 5.32 Å². The van der Waals surface area contributed by atoms with Gasteiger partial charge in [0.05, 0.1) is 5.25 Å². The lowest BCUT2D eigenvalue weighted by atomic mass is 10.0. The highest BCUT2D eigenvalue weighted by Gasteiger charge is 2.19. The number of carbonyl (C=O) groups excluding carboxylic acids is 1. The Morgan fingerprint density at radius 3 is 2.24 bits per heavy atom. The summed E-state index contributed by atoms with van der Waals surface area (Å²) >= 11 is 1.32. The quantitative estimate of drug-likeness (QED) is 0.433. The molecule has 0 fully saturated rings. The Morgan fingerprint density at radius 2 is 1.52 bits per heavy atom. The first-order valence-electron chi connectivity index (χ1n) is 9.30. The van der Waals surface area contributed by atoms with Gasteiger partial charge in [-0.1, -0.05) is 90.6 Å². The van der Waals surface area contributed by atoms with Crippen LogP contribution in [0.4, 0.5) is 5.69 Å². The van der Waals surface area contributed by atoms with Gasteiger partial charge in [0.1, 0.15) is 0 Å². The van der Waals surface area contributed by atoms with Crippen LogP contribution in [-0.4, -0.2) is 26.3 Å². The van der Waals surface area contributed by atoms with Crippen molar-refractivity contribution in [2.24, 2.45) is 0 Å². The summed E-state index contributed by atoms with van der Waals surface area (Å²) in [6.45, 7) is 1.85. The number of nitrogens with zero attached hydrogens (tertiary/aromatic N) is 2. The predicted molar refractivity (Wildman–Crippen MR) is 118 cm³/mol. The number of anilines is 1. The molecule has 0 radical (unpaired) electrons. The molecule has 2 N–H and O–H groups in total. The van der Waals surface area contributed by atoms with E-state index in [0.717, 1.165) is 22.4 Å². The molecule has 4 rings (SSSR count). The van der Waals surface area contributed by atoms with E-state index in [9.17, 15) is 4.79 Å². The van der Waals surface area contributed by atoms with Gasteiger partial charge in [-0.25, -0.2) is 4.98 Å². The molecule has 1 heterocycles. The van der Waals surface area contributed by atoms with Crippen LogP contribution in [0.2, 0.25) is 0 Å². The molecular formula is C23H20N4OS. The van der Waals surface area contributed by atoms with E-state index in [0.29, 0.717) is 11.0 Å². The van der Waals surface area contributed by atoms with Gasteiger partial charge < -0.3 is 5.32 Å². The fourth-order valence-electron chi connectivity index (χ4n) is 2.93. The minimum atomic E-state index is -0.349. The van der Waals surface area contributed by atoms with Crippen molar-refractivity contribution < 1.29 is 4.79 Å². The molecule has 29 heavy (non-hydrogen) atoms. The van der Waals surface area contributed by atoms with E-state index in [-0.39, 0.29) is 11.2 Å². The number of H-pyrrole nitrogens is 1. The minimum Gasteiger partial charge on any atom is -0.325 e. The average molecular weight is 401 g/mol. The molecule has 1 aromatic heterocycles. The Kier molecular flexibility index (Phi) is 5.72. The Morgan fingerprint density at radius 1 is 0.897 bits per heavy atom. The Balaban J connectivity index is 1.46. The minimum absolute atomic E-state index is 0.0931. The number of hydrogen-bond donors (Lipinski definition) is 2. The van der Waals surface area contributed by atoms with Gasteiger partial charge in [-0.3, -0.25) is 9.89 Å². The van der Waals surface area contributed by atoms with Gasteiger partial charge in [0.15, 0.2) is 5.82 Å². The molecule has 0 aliphatic rings. The number of amides is 1.